The maximum absolute atomic E-state index is 12.3. The Kier molecular flexibility index (Phi) is 16.8. The van der Waals surface area contributed by atoms with E-state index in [4.69, 9.17) is 0 Å². The molecule has 0 unspecified atom stereocenters. The van der Waals surface area contributed by atoms with Crippen LogP contribution in [-0.4, -0.2) is 43.1 Å². The third kappa shape index (κ3) is 14.9. The number of carbonyl (C=O) groups excluding carboxylic acids is 4. The van der Waals surface area contributed by atoms with E-state index in [1.54, 1.807) is 27.7 Å². The van der Waals surface area contributed by atoms with Crippen molar-refractivity contribution in [2.45, 2.75) is 75.7 Å². The fourth-order valence-corrected chi connectivity index (χ4v) is 2.36. The molecule has 0 saturated carbocycles. The third-order valence-electron chi connectivity index (χ3n) is 3.40. The van der Waals surface area contributed by atoms with Crippen LogP contribution in [0.2, 0.25) is 0 Å². The van der Waals surface area contributed by atoms with Crippen molar-refractivity contribution >= 4 is 23.5 Å². The molecule has 0 spiro atoms. The van der Waals surface area contributed by atoms with Crippen LogP contribution in [0.15, 0.2) is 0 Å². The lowest BCUT2D eigenvalue weighted by molar-refractivity contribution is -0.136. The first-order chi connectivity index (χ1) is 12.4. The van der Waals surface area contributed by atoms with E-state index < -0.39 is 10.8 Å². The summed E-state index contributed by atoms with van der Waals surface area (Å²) in [7, 11) is 0. The molecule has 0 aliphatic carbocycles. The van der Waals surface area contributed by atoms with Gasteiger partial charge in [-0.2, -0.15) is 0 Å². The number of Topliss-reactive ketones (excluding diaryl/α,β-unsaturated/α-hetero) is 1. The lowest BCUT2D eigenvalue weighted by Crippen LogP contribution is -2.46. The molecule has 7 nitrogen and oxygen atoms in total. The summed E-state index contributed by atoms with van der Waals surface area (Å²) in [5.74, 6) is -0.715. The highest BCUT2D eigenvalue weighted by atomic mass is 16.2. The number of hydrogen-bond donors (Lipinski definition) is 3. The minimum absolute atomic E-state index is 0.00833. The van der Waals surface area contributed by atoms with E-state index in [0.717, 1.165) is 0 Å². The van der Waals surface area contributed by atoms with Crippen molar-refractivity contribution in [1.29, 1.82) is 0 Å². The topological polar surface area (TPSA) is 104 Å². The second-order valence-corrected chi connectivity index (χ2v) is 7.07. The highest BCUT2D eigenvalue weighted by Gasteiger charge is 2.38. The quantitative estimate of drug-likeness (QED) is 0.529. The van der Waals surface area contributed by atoms with Gasteiger partial charge in [0.1, 0.15) is 5.78 Å². The van der Waals surface area contributed by atoms with E-state index in [9.17, 15) is 19.2 Å². The summed E-state index contributed by atoms with van der Waals surface area (Å²) >= 11 is 0. The van der Waals surface area contributed by atoms with Gasteiger partial charge in [-0.1, -0.05) is 55.4 Å². The van der Waals surface area contributed by atoms with Crippen LogP contribution in [0.4, 0.5) is 0 Å². The molecule has 160 valence electrons. The van der Waals surface area contributed by atoms with E-state index in [1.165, 1.54) is 13.8 Å². The van der Waals surface area contributed by atoms with Crippen molar-refractivity contribution in [2.24, 2.45) is 10.8 Å². The van der Waals surface area contributed by atoms with Gasteiger partial charge in [-0.3, -0.25) is 19.2 Å². The number of nitrogens with one attached hydrogen (secondary N) is 3. The summed E-state index contributed by atoms with van der Waals surface area (Å²) in [5, 5.41) is 7.93. The van der Waals surface area contributed by atoms with E-state index in [-0.39, 0.29) is 30.0 Å². The first-order valence-electron chi connectivity index (χ1n) is 9.69. The van der Waals surface area contributed by atoms with Gasteiger partial charge in [0.05, 0.1) is 6.54 Å². The Labute approximate surface area is 165 Å². The molecule has 3 amide bonds. The van der Waals surface area contributed by atoms with Gasteiger partial charge in [-0.15, -0.1) is 0 Å². The van der Waals surface area contributed by atoms with Crippen molar-refractivity contribution < 1.29 is 19.2 Å². The maximum Gasteiger partial charge on any atom is 0.226 e. The predicted octanol–water partition coefficient (Wildman–Crippen LogP) is 2.44. The molecular formula is C20H41N3O4. The fourth-order valence-electron chi connectivity index (χ4n) is 2.36. The SMILES string of the molecule is CC.CC.CC(=O)CNC(=O)C(C)(C)CC(C)(C)C(=O)NCCNC(C)=O. The Morgan fingerprint density at radius 2 is 1.04 bits per heavy atom. The number of amides is 3. The molecule has 0 rings (SSSR count). The monoisotopic (exact) mass is 387 g/mol. The number of carbonyl (C=O) groups is 4. The highest BCUT2D eigenvalue weighted by Crippen LogP contribution is 2.34. The van der Waals surface area contributed by atoms with E-state index in [2.05, 4.69) is 16.0 Å². The van der Waals surface area contributed by atoms with Gasteiger partial charge in [-0.25, -0.2) is 0 Å². The van der Waals surface area contributed by atoms with Crippen LogP contribution in [0.5, 0.6) is 0 Å². The van der Waals surface area contributed by atoms with Crippen LogP contribution < -0.4 is 16.0 Å². The molecule has 0 aliphatic heterocycles. The fraction of sp³-hybridized carbons (Fsp3) is 0.800. The van der Waals surface area contributed by atoms with Gasteiger partial charge in [0.2, 0.25) is 17.7 Å². The molecular weight excluding hydrogens is 346 g/mol. The summed E-state index contributed by atoms with van der Waals surface area (Å²) in [5.41, 5.74) is -1.54. The Balaban J connectivity index is -0.00000134. The Morgan fingerprint density at radius 1 is 0.667 bits per heavy atom. The van der Waals surface area contributed by atoms with E-state index in [0.29, 0.717) is 19.5 Å². The molecule has 0 aromatic carbocycles. The molecule has 0 bridgehead atoms. The molecule has 0 aromatic heterocycles. The molecule has 0 saturated heterocycles. The average molecular weight is 388 g/mol. The van der Waals surface area contributed by atoms with Crippen LogP contribution >= 0.6 is 0 Å². The average Bonchev–Trinajstić information content (AvgIpc) is 2.58. The van der Waals surface area contributed by atoms with Gasteiger partial charge >= 0.3 is 0 Å². The van der Waals surface area contributed by atoms with Gasteiger partial charge in [0.25, 0.3) is 0 Å². The van der Waals surface area contributed by atoms with E-state index in [1.807, 2.05) is 27.7 Å². The van der Waals surface area contributed by atoms with Crippen molar-refractivity contribution in [3.63, 3.8) is 0 Å². The standard InChI is InChI=1S/C16H29N3O4.2C2H6/c1-11(20)9-19-14(23)16(5,6)10-15(3,4)13(22)18-8-7-17-12(2)21;2*1-2/h7-10H2,1-6H3,(H,17,21)(H,18,22)(H,19,23);2*1-2H3. The van der Waals surface area contributed by atoms with Crippen molar-refractivity contribution in [3.8, 4) is 0 Å². The van der Waals surface area contributed by atoms with Crippen LogP contribution in [0.3, 0.4) is 0 Å². The second-order valence-electron chi connectivity index (χ2n) is 7.07. The van der Waals surface area contributed by atoms with E-state index >= 15 is 0 Å². The Hall–Kier alpha value is -1.92. The molecule has 7 heteroatoms. The lowest BCUT2D eigenvalue weighted by atomic mass is 9.74. The zero-order chi connectivity index (χ0) is 22.3. The first-order valence-corrected chi connectivity index (χ1v) is 9.69. The summed E-state index contributed by atoms with van der Waals surface area (Å²) in [4.78, 5) is 46.1. The van der Waals surface area contributed by atoms with Crippen molar-refractivity contribution in [2.75, 3.05) is 19.6 Å². The number of rotatable bonds is 9. The number of ketones is 1. The maximum atomic E-state index is 12.3. The molecule has 0 fully saturated rings. The Bertz CT molecular complexity index is 472. The second kappa shape index (κ2) is 15.2. The largest absolute Gasteiger partial charge is 0.355 e. The summed E-state index contributed by atoms with van der Waals surface area (Å²) in [6.07, 6.45) is 0.329. The molecule has 0 heterocycles. The molecule has 0 aromatic rings. The van der Waals surface area contributed by atoms with Gasteiger partial charge in [0, 0.05) is 30.8 Å². The smallest absolute Gasteiger partial charge is 0.226 e. The predicted molar refractivity (Wildman–Crippen MR) is 110 cm³/mol. The van der Waals surface area contributed by atoms with Crippen LogP contribution in [0.1, 0.15) is 75.7 Å². The van der Waals surface area contributed by atoms with Crippen molar-refractivity contribution in [1.82, 2.24) is 16.0 Å². The lowest BCUT2D eigenvalue weighted by Gasteiger charge is -2.33. The van der Waals surface area contributed by atoms with Crippen LogP contribution in [-0.2, 0) is 19.2 Å². The first kappa shape index (κ1) is 29.8. The van der Waals surface area contributed by atoms with Gasteiger partial charge in [-0.05, 0) is 13.3 Å². The molecule has 3 N–H and O–H groups in total. The third-order valence-corrected chi connectivity index (χ3v) is 3.40. The zero-order valence-electron chi connectivity index (χ0n) is 19.0. The van der Waals surface area contributed by atoms with Crippen LogP contribution in [0.25, 0.3) is 0 Å². The normalized spacial score (nSPS) is 10.3. The molecule has 0 aliphatic rings. The minimum atomic E-state index is -0.784. The summed E-state index contributed by atoms with van der Waals surface area (Å²) < 4.78 is 0. The summed E-state index contributed by atoms with van der Waals surface area (Å²) in [6, 6.07) is 0. The van der Waals surface area contributed by atoms with Crippen LogP contribution in [0, 0.1) is 10.8 Å². The summed E-state index contributed by atoms with van der Waals surface area (Å²) in [6.45, 7) is 18.5. The van der Waals surface area contributed by atoms with Crippen molar-refractivity contribution in [3.05, 3.63) is 0 Å². The molecule has 27 heavy (non-hydrogen) atoms. The zero-order valence-corrected chi connectivity index (χ0v) is 19.0. The van der Waals surface area contributed by atoms with Gasteiger partial charge < -0.3 is 16.0 Å². The minimum Gasteiger partial charge on any atom is -0.355 e. The molecule has 0 radical (unpaired) electrons. The van der Waals surface area contributed by atoms with Gasteiger partial charge in [0.15, 0.2) is 0 Å². The highest BCUT2D eigenvalue weighted by molar-refractivity contribution is 5.88. The molecule has 0 atom stereocenters. The Morgan fingerprint density at radius 3 is 1.41 bits per heavy atom. The number of hydrogen-bond acceptors (Lipinski definition) is 4.